The molecule has 1 N–H and O–H groups in total. The molecular weight excluding hydrogens is 379 g/mol. The Kier molecular flexibility index (Phi) is 6.45. The highest BCUT2D eigenvalue weighted by Crippen LogP contribution is 2.36. The molecular formula is C18H18F3N3O4. The number of carbonyl (C=O) groups is 1. The van der Waals surface area contributed by atoms with Crippen LogP contribution in [0.2, 0.25) is 0 Å². The SMILES string of the molecule is CCN(CC(=O)Nc1cccc(OC)c1)c1ccc(C(F)(F)F)cc1[N+](=O)[O-]. The third-order valence-corrected chi connectivity index (χ3v) is 3.91. The molecule has 0 aliphatic carbocycles. The fourth-order valence-corrected chi connectivity index (χ4v) is 2.56. The summed E-state index contributed by atoms with van der Waals surface area (Å²) in [4.78, 5) is 24.0. The first-order valence-electron chi connectivity index (χ1n) is 8.20. The first-order valence-corrected chi connectivity index (χ1v) is 8.20. The molecule has 0 bridgehead atoms. The standard InChI is InChI=1S/C18H18F3N3O4/c1-3-23(11-17(25)22-13-5-4-6-14(10-13)28-2)15-8-7-12(18(19,20)21)9-16(15)24(26)27/h4-10H,3,11H2,1-2H3,(H,22,25). The monoisotopic (exact) mass is 397 g/mol. The number of anilines is 2. The van der Waals surface area contributed by atoms with Crippen LogP contribution >= 0.6 is 0 Å². The van der Waals surface area contributed by atoms with Crippen LogP contribution < -0.4 is 15.0 Å². The summed E-state index contributed by atoms with van der Waals surface area (Å²) < 4.78 is 43.6. The zero-order chi connectivity index (χ0) is 20.9. The van der Waals surface area contributed by atoms with Gasteiger partial charge in [-0.1, -0.05) is 6.07 Å². The molecule has 0 spiro atoms. The van der Waals surface area contributed by atoms with E-state index in [1.54, 1.807) is 31.2 Å². The Balaban J connectivity index is 2.24. The Labute approximate surface area is 158 Å². The fourth-order valence-electron chi connectivity index (χ4n) is 2.56. The molecule has 2 aromatic rings. The minimum atomic E-state index is -4.70. The van der Waals surface area contributed by atoms with Gasteiger partial charge in [0.1, 0.15) is 11.4 Å². The van der Waals surface area contributed by atoms with Crippen LogP contribution in [0.3, 0.4) is 0 Å². The van der Waals surface area contributed by atoms with Crippen molar-refractivity contribution in [1.82, 2.24) is 0 Å². The topological polar surface area (TPSA) is 84.7 Å². The van der Waals surface area contributed by atoms with E-state index in [0.717, 1.165) is 12.1 Å². The highest BCUT2D eigenvalue weighted by Gasteiger charge is 2.33. The average molecular weight is 397 g/mol. The largest absolute Gasteiger partial charge is 0.497 e. The van der Waals surface area contributed by atoms with Crippen LogP contribution in [-0.2, 0) is 11.0 Å². The number of likely N-dealkylation sites (N-methyl/N-ethyl adjacent to an activating group) is 1. The van der Waals surface area contributed by atoms with E-state index < -0.39 is 28.3 Å². The lowest BCUT2D eigenvalue weighted by Crippen LogP contribution is -2.33. The lowest BCUT2D eigenvalue weighted by atomic mass is 10.1. The number of hydrogen-bond acceptors (Lipinski definition) is 5. The predicted octanol–water partition coefficient (Wildman–Crippen LogP) is 4.09. The second kappa shape index (κ2) is 8.59. The van der Waals surface area contributed by atoms with Gasteiger partial charge in [0, 0.05) is 24.4 Å². The summed E-state index contributed by atoms with van der Waals surface area (Å²) in [6.45, 7) is 1.54. The molecule has 2 aromatic carbocycles. The van der Waals surface area contributed by atoms with Gasteiger partial charge in [0.25, 0.3) is 5.69 Å². The van der Waals surface area contributed by atoms with Crippen molar-refractivity contribution in [2.24, 2.45) is 0 Å². The van der Waals surface area contributed by atoms with Gasteiger partial charge in [-0.2, -0.15) is 13.2 Å². The zero-order valence-corrected chi connectivity index (χ0v) is 15.1. The van der Waals surface area contributed by atoms with Gasteiger partial charge in [-0.05, 0) is 31.2 Å². The zero-order valence-electron chi connectivity index (χ0n) is 15.1. The number of ether oxygens (including phenoxy) is 1. The second-order valence-electron chi connectivity index (χ2n) is 5.75. The van der Waals surface area contributed by atoms with Gasteiger partial charge >= 0.3 is 6.18 Å². The van der Waals surface area contributed by atoms with Crippen LogP contribution in [-0.4, -0.2) is 31.0 Å². The van der Waals surface area contributed by atoms with Crippen LogP contribution in [0, 0.1) is 10.1 Å². The number of halogens is 3. The van der Waals surface area contributed by atoms with E-state index in [2.05, 4.69) is 5.32 Å². The van der Waals surface area contributed by atoms with Crippen molar-refractivity contribution in [1.29, 1.82) is 0 Å². The molecule has 0 aromatic heterocycles. The van der Waals surface area contributed by atoms with Gasteiger partial charge in [0.2, 0.25) is 5.91 Å². The van der Waals surface area contributed by atoms with Crippen molar-refractivity contribution in [3.8, 4) is 5.75 Å². The van der Waals surface area contributed by atoms with Crippen LogP contribution in [0.4, 0.5) is 30.2 Å². The van der Waals surface area contributed by atoms with Crippen LogP contribution in [0.25, 0.3) is 0 Å². The summed E-state index contributed by atoms with van der Waals surface area (Å²) in [5, 5.41) is 13.9. The Morgan fingerprint density at radius 2 is 1.96 bits per heavy atom. The number of methoxy groups -OCH3 is 1. The molecule has 0 saturated heterocycles. The van der Waals surface area contributed by atoms with Crippen molar-refractivity contribution in [3.63, 3.8) is 0 Å². The lowest BCUT2D eigenvalue weighted by Gasteiger charge is -2.23. The van der Waals surface area contributed by atoms with Crippen LogP contribution in [0.5, 0.6) is 5.75 Å². The normalized spacial score (nSPS) is 11.0. The molecule has 0 saturated carbocycles. The number of benzene rings is 2. The third kappa shape index (κ3) is 5.12. The van der Waals surface area contributed by atoms with E-state index in [1.807, 2.05) is 0 Å². The summed E-state index contributed by atoms with van der Waals surface area (Å²) in [7, 11) is 1.48. The fraction of sp³-hybridized carbons (Fsp3) is 0.278. The molecule has 0 heterocycles. The van der Waals surface area contributed by atoms with Crippen LogP contribution in [0.15, 0.2) is 42.5 Å². The first kappa shape index (κ1) is 21.0. The number of alkyl halides is 3. The smallest absolute Gasteiger partial charge is 0.416 e. The molecule has 0 unspecified atom stereocenters. The van der Waals surface area contributed by atoms with Crippen LogP contribution in [0.1, 0.15) is 12.5 Å². The number of hydrogen-bond donors (Lipinski definition) is 1. The Hall–Kier alpha value is -3.30. The number of nitro groups is 1. The summed E-state index contributed by atoms with van der Waals surface area (Å²) >= 11 is 0. The summed E-state index contributed by atoms with van der Waals surface area (Å²) in [6, 6.07) is 8.82. The maximum atomic E-state index is 12.8. The van der Waals surface area contributed by atoms with Gasteiger partial charge < -0.3 is 15.0 Å². The van der Waals surface area contributed by atoms with Crippen molar-refractivity contribution in [2.75, 3.05) is 30.4 Å². The van der Waals surface area contributed by atoms with Crippen molar-refractivity contribution < 1.29 is 27.6 Å². The number of amides is 1. The lowest BCUT2D eigenvalue weighted by molar-refractivity contribution is -0.384. The minimum Gasteiger partial charge on any atom is -0.497 e. The maximum absolute atomic E-state index is 12.8. The summed E-state index contributed by atoms with van der Waals surface area (Å²) in [6.07, 6.45) is -4.70. The summed E-state index contributed by atoms with van der Waals surface area (Å²) in [5.74, 6) is 0.0489. The number of nitrogens with zero attached hydrogens (tertiary/aromatic N) is 2. The average Bonchev–Trinajstić information content (AvgIpc) is 2.65. The Morgan fingerprint density at radius 3 is 2.54 bits per heavy atom. The second-order valence-corrected chi connectivity index (χ2v) is 5.75. The Morgan fingerprint density at radius 1 is 1.25 bits per heavy atom. The molecule has 150 valence electrons. The minimum absolute atomic E-state index is 0.0682. The van der Waals surface area contributed by atoms with Crippen molar-refractivity contribution >= 4 is 23.0 Å². The Bertz CT molecular complexity index is 871. The highest BCUT2D eigenvalue weighted by molar-refractivity contribution is 5.94. The van der Waals surface area contributed by atoms with Gasteiger partial charge in [-0.3, -0.25) is 14.9 Å². The number of carbonyl (C=O) groups excluding carboxylic acids is 1. The van der Waals surface area contributed by atoms with Gasteiger partial charge in [0.15, 0.2) is 0 Å². The van der Waals surface area contributed by atoms with Gasteiger partial charge in [0.05, 0.1) is 24.1 Å². The molecule has 0 atom stereocenters. The molecule has 0 aliphatic rings. The molecule has 7 nitrogen and oxygen atoms in total. The highest BCUT2D eigenvalue weighted by atomic mass is 19.4. The van der Waals surface area contributed by atoms with Gasteiger partial charge in [-0.15, -0.1) is 0 Å². The van der Waals surface area contributed by atoms with E-state index in [4.69, 9.17) is 4.74 Å². The summed E-state index contributed by atoms with van der Waals surface area (Å²) in [5.41, 5.74) is -1.45. The molecule has 1 amide bonds. The first-order chi connectivity index (χ1) is 13.2. The number of nitro benzene ring substituents is 1. The van der Waals surface area contributed by atoms with Gasteiger partial charge in [-0.25, -0.2) is 0 Å². The van der Waals surface area contributed by atoms with Crippen molar-refractivity contribution in [3.05, 3.63) is 58.1 Å². The van der Waals surface area contributed by atoms with E-state index in [9.17, 15) is 28.1 Å². The number of nitrogens with one attached hydrogen (secondary N) is 1. The molecule has 0 radical (unpaired) electrons. The van der Waals surface area contributed by atoms with E-state index in [1.165, 1.54) is 12.0 Å². The van der Waals surface area contributed by atoms with E-state index >= 15 is 0 Å². The van der Waals surface area contributed by atoms with E-state index in [0.29, 0.717) is 17.5 Å². The molecule has 10 heteroatoms. The number of rotatable bonds is 7. The third-order valence-electron chi connectivity index (χ3n) is 3.91. The molecule has 0 fully saturated rings. The molecule has 28 heavy (non-hydrogen) atoms. The van der Waals surface area contributed by atoms with Crippen molar-refractivity contribution in [2.45, 2.75) is 13.1 Å². The predicted molar refractivity (Wildman–Crippen MR) is 97.6 cm³/mol. The maximum Gasteiger partial charge on any atom is 0.416 e. The molecule has 0 aliphatic heterocycles. The molecule has 2 rings (SSSR count). The van der Waals surface area contributed by atoms with E-state index in [-0.39, 0.29) is 18.8 Å². The quantitative estimate of drug-likeness (QED) is 0.562.